The summed E-state index contributed by atoms with van der Waals surface area (Å²) in [6.07, 6.45) is 4.68. The first kappa shape index (κ1) is 14.7. The summed E-state index contributed by atoms with van der Waals surface area (Å²) in [5.74, 6) is 4.66. The van der Waals surface area contributed by atoms with Gasteiger partial charge < -0.3 is 8.83 Å². The van der Waals surface area contributed by atoms with Crippen LogP contribution in [0.25, 0.3) is 0 Å². The van der Waals surface area contributed by atoms with Gasteiger partial charge in [-0.25, -0.2) is 0 Å². The van der Waals surface area contributed by atoms with Gasteiger partial charge in [-0.15, -0.1) is 23.5 Å². The first-order valence-corrected chi connectivity index (χ1v) is 8.67. The Morgan fingerprint density at radius 3 is 1.89 bits per heavy atom. The average Bonchev–Trinajstić information content (AvgIpc) is 3.11. The molecule has 0 spiro atoms. The highest BCUT2D eigenvalue weighted by molar-refractivity contribution is 8.16. The van der Waals surface area contributed by atoms with Crippen LogP contribution in [-0.2, 0) is 11.5 Å². The molecule has 0 fully saturated rings. The molecule has 4 heteroatoms. The number of hydrogen-bond donors (Lipinski definition) is 0. The second-order valence-corrected chi connectivity index (χ2v) is 7.09. The van der Waals surface area contributed by atoms with Crippen molar-refractivity contribution in [1.82, 2.24) is 0 Å². The van der Waals surface area contributed by atoms with Gasteiger partial charge in [-0.3, -0.25) is 0 Å². The molecule has 2 aromatic rings. The van der Waals surface area contributed by atoms with Crippen LogP contribution in [0.1, 0.15) is 31.8 Å². The number of furan rings is 2. The minimum atomic E-state index is 0.570. The Morgan fingerprint density at radius 1 is 1.00 bits per heavy atom. The molecule has 1 unspecified atom stereocenters. The van der Waals surface area contributed by atoms with Crippen molar-refractivity contribution in [3.05, 3.63) is 48.3 Å². The lowest BCUT2D eigenvalue weighted by Gasteiger charge is -2.21. The fourth-order valence-electron chi connectivity index (χ4n) is 1.69. The van der Waals surface area contributed by atoms with Crippen molar-refractivity contribution in [3.63, 3.8) is 0 Å². The Morgan fingerprint density at radius 2 is 1.53 bits per heavy atom. The molecule has 104 valence electrons. The number of hydrogen-bond acceptors (Lipinski definition) is 4. The SMILES string of the molecule is CCC(C)C(SCc1ccco1)SCc1ccco1. The maximum atomic E-state index is 5.40. The first-order valence-electron chi connectivity index (χ1n) is 6.57. The highest BCUT2D eigenvalue weighted by Gasteiger charge is 2.18. The topological polar surface area (TPSA) is 26.3 Å². The molecule has 0 amide bonds. The molecule has 2 nitrogen and oxygen atoms in total. The van der Waals surface area contributed by atoms with Crippen LogP contribution in [-0.4, -0.2) is 4.58 Å². The fourth-order valence-corrected chi connectivity index (χ4v) is 4.51. The van der Waals surface area contributed by atoms with Gasteiger partial charge in [0.15, 0.2) is 0 Å². The van der Waals surface area contributed by atoms with Crippen molar-refractivity contribution in [2.24, 2.45) is 5.92 Å². The van der Waals surface area contributed by atoms with Gasteiger partial charge in [-0.2, -0.15) is 0 Å². The molecule has 0 N–H and O–H groups in total. The fraction of sp³-hybridized carbons (Fsp3) is 0.467. The van der Waals surface area contributed by atoms with Crippen molar-refractivity contribution in [2.75, 3.05) is 0 Å². The van der Waals surface area contributed by atoms with E-state index < -0.39 is 0 Å². The summed E-state index contributed by atoms with van der Waals surface area (Å²) in [6, 6.07) is 7.98. The molecule has 2 aromatic heterocycles. The lowest BCUT2D eigenvalue weighted by molar-refractivity contribution is 0.528. The Labute approximate surface area is 123 Å². The van der Waals surface area contributed by atoms with Crippen LogP contribution in [0.2, 0.25) is 0 Å². The van der Waals surface area contributed by atoms with Gasteiger partial charge in [0.05, 0.1) is 28.6 Å². The molecular formula is C15H20O2S2. The monoisotopic (exact) mass is 296 g/mol. The van der Waals surface area contributed by atoms with E-state index in [-0.39, 0.29) is 0 Å². The van der Waals surface area contributed by atoms with E-state index >= 15 is 0 Å². The molecule has 1 atom stereocenters. The third kappa shape index (κ3) is 4.69. The molecule has 0 aliphatic rings. The zero-order chi connectivity index (χ0) is 13.5. The van der Waals surface area contributed by atoms with Crippen LogP contribution in [0.4, 0.5) is 0 Å². The van der Waals surface area contributed by atoms with Gasteiger partial charge in [0.1, 0.15) is 11.5 Å². The van der Waals surface area contributed by atoms with E-state index in [1.807, 2.05) is 47.8 Å². The second-order valence-electron chi connectivity index (χ2n) is 4.53. The van der Waals surface area contributed by atoms with Crippen LogP contribution < -0.4 is 0 Å². The molecule has 0 aliphatic carbocycles. The smallest absolute Gasteiger partial charge is 0.113 e. The van der Waals surface area contributed by atoms with E-state index in [1.165, 1.54) is 6.42 Å². The minimum absolute atomic E-state index is 0.570. The predicted octanol–water partition coefficient (Wildman–Crippen LogP) is 5.41. The van der Waals surface area contributed by atoms with E-state index in [0.29, 0.717) is 10.5 Å². The molecule has 0 aliphatic heterocycles. The van der Waals surface area contributed by atoms with Gasteiger partial charge in [0.2, 0.25) is 0 Å². The van der Waals surface area contributed by atoms with E-state index in [1.54, 1.807) is 12.5 Å². The normalized spacial score (nSPS) is 13.0. The standard InChI is InChI=1S/C15H20O2S2/c1-3-12(2)15(18-10-13-6-4-8-16-13)19-11-14-7-5-9-17-14/h4-9,12,15H,3,10-11H2,1-2H3. The highest BCUT2D eigenvalue weighted by Crippen LogP contribution is 2.36. The maximum Gasteiger partial charge on any atom is 0.113 e. The van der Waals surface area contributed by atoms with Crippen LogP contribution in [0.5, 0.6) is 0 Å². The second kappa shape index (κ2) is 7.75. The third-order valence-corrected chi connectivity index (χ3v) is 6.35. The molecule has 0 radical (unpaired) electrons. The van der Waals surface area contributed by atoms with Crippen molar-refractivity contribution >= 4 is 23.5 Å². The molecule has 0 bridgehead atoms. The Bertz CT molecular complexity index is 398. The average molecular weight is 296 g/mol. The summed E-state index contributed by atoms with van der Waals surface area (Å²) >= 11 is 3.92. The van der Waals surface area contributed by atoms with Gasteiger partial charge in [-0.1, -0.05) is 20.3 Å². The van der Waals surface area contributed by atoms with Crippen LogP contribution >= 0.6 is 23.5 Å². The van der Waals surface area contributed by atoms with E-state index in [2.05, 4.69) is 13.8 Å². The molecule has 0 saturated heterocycles. The summed E-state index contributed by atoms with van der Waals surface area (Å²) in [5.41, 5.74) is 0. The van der Waals surface area contributed by atoms with E-state index in [4.69, 9.17) is 8.83 Å². The molecule has 2 heterocycles. The summed E-state index contributed by atoms with van der Waals surface area (Å²) in [5, 5.41) is 0. The first-order chi connectivity index (χ1) is 9.29. The molecule has 0 saturated carbocycles. The van der Waals surface area contributed by atoms with Gasteiger partial charge in [-0.05, 0) is 30.2 Å². The van der Waals surface area contributed by atoms with Crippen molar-refractivity contribution < 1.29 is 8.83 Å². The van der Waals surface area contributed by atoms with Crippen molar-refractivity contribution in [1.29, 1.82) is 0 Å². The predicted molar refractivity (Wildman–Crippen MR) is 83.2 cm³/mol. The lowest BCUT2D eigenvalue weighted by atomic mass is 10.2. The van der Waals surface area contributed by atoms with Crippen molar-refractivity contribution in [2.45, 2.75) is 36.4 Å². The van der Waals surface area contributed by atoms with Crippen LogP contribution in [0.15, 0.2) is 45.6 Å². The Hall–Kier alpha value is -0.740. The van der Waals surface area contributed by atoms with E-state index in [9.17, 15) is 0 Å². The summed E-state index contributed by atoms with van der Waals surface area (Å²) in [6.45, 7) is 4.56. The van der Waals surface area contributed by atoms with Crippen molar-refractivity contribution in [3.8, 4) is 0 Å². The summed E-state index contributed by atoms with van der Waals surface area (Å²) < 4.78 is 11.4. The number of rotatable bonds is 8. The zero-order valence-corrected chi connectivity index (χ0v) is 13.0. The lowest BCUT2D eigenvalue weighted by Crippen LogP contribution is -2.10. The largest absolute Gasteiger partial charge is 0.468 e. The molecule has 0 aromatic carbocycles. The highest BCUT2D eigenvalue weighted by atomic mass is 32.2. The van der Waals surface area contributed by atoms with Gasteiger partial charge >= 0.3 is 0 Å². The van der Waals surface area contributed by atoms with Crippen LogP contribution in [0.3, 0.4) is 0 Å². The maximum absolute atomic E-state index is 5.40. The quantitative estimate of drug-likeness (QED) is 0.608. The zero-order valence-electron chi connectivity index (χ0n) is 11.4. The molecular weight excluding hydrogens is 276 g/mol. The van der Waals surface area contributed by atoms with Gasteiger partial charge in [0.25, 0.3) is 0 Å². The third-order valence-electron chi connectivity index (χ3n) is 3.05. The number of thioether (sulfide) groups is 2. The van der Waals surface area contributed by atoms with E-state index in [0.717, 1.165) is 23.0 Å². The minimum Gasteiger partial charge on any atom is -0.468 e. The van der Waals surface area contributed by atoms with Crippen LogP contribution in [0, 0.1) is 5.92 Å². The Kier molecular flexibility index (Phi) is 5.98. The molecule has 19 heavy (non-hydrogen) atoms. The summed E-state index contributed by atoms with van der Waals surface area (Å²) in [7, 11) is 0. The summed E-state index contributed by atoms with van der Waals surface area (Å²) in [4.78, 5) is 0. The molecule has 2 rings (SSSR count). The van der Waals surface area contributed by atoms with Gasteiger partial charge in [0, 0.05) is 0 Å². The Balaban J connectivity index is 1.84.